The van der Waals surface area contributed by atoms with Crippen molar-refractivity contribution in [3.05, 3.63) is 28.7 Å². The molecule has 2 saturated heterocycles. The molecule has 2 fully saturated rings. The highest BCUT2D eigenvalue weighted by Gasteiger charge is 2.29. The van der Waals surface area contributed by atoms with Gasteiger partial charge >= 0.3 is 6.09 Å². The van der Waals surface area contributed by atoms with Gasteiger partial charge < -0.3 is 19.5 Å². The third-order valence-electron chi connectivity index (χ3n) is 5.04. The average molecular weight is 404 g/mol. The van der Waals surface area contributed by atoms with Crippen molar-refractivity contribution < 1.29 is 19.1 Å². The van der Waals surface area contributed by atoms with Gasteiger partial charge in [0.15, 0.2) is 0 Å². The van der Waals surface area contributed by atoms with Crippen LogP contribution in [0.2, 0.25) is 0 Å². The second-order valence-electron chi connectivity index (χ2n) is 8.51. The summed E-state index contributed by atoms with van der Waals surface area (Å²) in [7, 11) is 0. The van der Waals surface area contributed by atoms with Crippen LogP contribution in [0.1, 0.15) is 52.5 Å². The molecule has 3 heterocycles. The fourth-order valence-corrected chi connectivity index (χ4v) is 3.57. The van der Waals surface area contributed by atoms with Gasteiger partial charge in [0.25, 0.3) is 5.56 Å². The molecule has 3 rings (SSSR count). The van der Waals surface area contributed by atoms with Crippen molar-refractivity contribution in [2.24, 2.45) is 0 Å². The van der Waals surface area contributed by atoms with Crippen LogP contribution in [-0.2, 0) is 14.3 Å². The number of hydrogen-bond acceptors (Lipinski definition) is 6. The third-order valence-corrected chi connectivity index (χ3v) is 5.04. The Morgan fingerprint density at radius 3 is 2.45 bits per heavy atom. The molecule has 2 N–H and O–H groups in total. The van der Waals surface area contributed by atoms with Crippen LogP contribution in [0.5, 0.6) is 0 Å². The molecule has 0 bridgehead atoms. The normalized spacial score (nSPS) is 20.9. The van der Waals surface area contributed by atoms with Gasteiger partial charge in [0.1, 0.15) is 11.6 Å². The Labute approximate surface area is 169 Å². The second kappa shape index (κ2) is 8.26. The van der Waals surface area contributed by atoms with Crippen LogP contribution in [0.25, 0.3) is 0 Å². The first-order valence-electron chi connectivity index (χ1n) is 9.93. The van der Waals surface area contributed by atoms with E-state index < -0.39 is 11.6 Å². The summed E-state index contributed by atoms with van der Waals surface area (Å²) in [5.74, 6) is -0.652. The number of carbonyl (C=O) groups excluding carboxylic acids is 3. The fourth-order valence-electron chi connectivity index (χ4n) is 3.57. The lowest BCUT2D eigenvalue weighted by atomic mass is 10.0. The van der Waals surface area contributed by atoms with E-state index in [4.69, 9.17) is 4.74 Å². The lowest BCUT2D eigenvalue weighted by Crippen LogP contribution is -2.47. The first-order chi connectivity index (χ1) is 13.6. The molecule has 0 unspecified atom stereocenters. The van der Waals surface area contributed by atoms with E-state index in [1.165, 1.54) is 6.07 Å². The molecule has 2 aliphatic rings. The highest BCUT2D eigenvalue weighted by atomic mass is 16.6. The smallest absolute Gasteiger partial charge is 0.410 e. The van der Waals surface area contributed by atoms with Crippen LogP contribution in [0.4, 0.5) is 10.5 Å². The number of piperidine rings is 2. The van der Waals surface area contributed by atoms with E-state index in [1.54, 1.807) is 21.7 Å². The maximum Gasteiger partial charge on any atom is 0.410 e. The topological polar surface area (TPSA) is 110 Å². The Balaban J connectivity index is 1.59. The standard InChI is InChI=1S/C20H28N4O5/c1-20(2,3)29-19(28)23-9-7-14(8-10-23)24-11-6-13(12-17(24)26)21-15-4-5-16(25)22-18(15)27/h6,11-12,14-15,21H,4-5,7-10H2,1-3H3,(H,22,25,27)/t15-/m1/s1. The zero-order valence-corrected chi connectivity index (χ0v) is 17.1. The van der Waals surface area contributed by atoms with E-state index >= 15 is 0 Å². The van der Waals surface area contributed by atoms with Crippen molar-refractivity contribution in [1.82, 2.24) is 14.8 Å². The Hall–Kier alpha value is -2.84. The van der Waals surface area contributed by atoms with Crippen LogP contribution < -0.4 is 16.2 Å². The maximum absolute atomic E-state index is 12.6. The molecule has 2 aliphatic heterocycles. The highest BCUT2D eigenvalue weighted by molar-refractivity contribution is 6.01. The SMILES string of the molecule is CC(C)(C)OC(=O)N1CCC(n2ccc(N[C@@H]3CCC(=O)NC3=O)cc2=O)CC1. The molecule has 1 aromatic rings. The predicted octanol–water partition coefficient (Wildman–Crippen LogP) is 1.64. The summed E-state index contributed by atoms with van der Waals surface area (Å²) in [5.41, 5.74) is -0.152. The van der Waals surface area contributed by atoms with Crippen molar-refractivity contribution in [2.45, 2.75) is 64.1 Å². The molecule has 0 saturated carbocycles. The molecule has 1 atom stereocenters. The van der Waals surface area contributed by atoms with Gasteiger partial charge in [0, 0.05) is 43.5 Å². The van der Waals surface area contributed by atoms with E-state index in [9.17, 15) is 19.2 Å². The summed E-state index contributed by atoms with van der Waals surface area (Å²) >= 11 is 0. The van der Waals surface area contributed by atoms with Crippen molar-refractivity contribution >= 4 is 23.6 Å². The summed E-state index contributed by atoms with van der Waals surface area (Å²) in [6.07, 6.45) is 3.39. The Morgan fingerprint density at radius 1 is 1.17 bits per heavy atom. The van der Waals surface area contributed by atoms with Crippen LogP contribution in [-0.4, -0.2) is 52.1 Å². The number of carbonyl (C=O) groups is 3. The number of aromatic nitrogens is 1. The van der Waals surface area contributed by atoms with Gasteiger partial charge in [0.05, 0.1) is 0 Å². The van der Waals surface area contributed by atoms with Gasteiger partial charge in [-0.05, 0) is 46.1 Å². The lowest BCUT2D eigenvalue weighted by Gasteiger charge is -2.34. The van der Waals surface area contributed by atoms with Gasteiger partial charge in [0.2, 0.25) is 11.8 Å². The Kier molecular flexibility index (Phi) is 5.95. The van der Waals surface area contributed by atoms with Gasteiger partial charge in [-0.15, -0.1) is 0 Å². The monoisotopic (exact) mass is 404 g/mol. The summed E-state index contributed by atoms with van der Waals surface area (Å²) < 4.78 is 7.07. The number of imide groups is 1. The minimum Gasteiger partial charge on any atom is -0.444 e. The van der Waals surface area contributed by atoms with Crippen LogP contribution in [0, 0.1) is 0 Å². The van der Waals surface area contributed by atoms with Crippen LogP contribution in [0.15, 0.2) is 23.1 Å². The summed E-state index contributed by atoms with van der Waals surface area (Å²) in [6, 6.07) is 2.70. The molecule has 0 aromatic carbocycles. The molecule has 0 radical (unpaired) electrons. The third kappa shape index (κ3) is 5.36. The first kappa shape index (κ1) is 20.9. The number of nitrogens with one attached hydrogen (secondary N) is 2. The van der Waals surface area contributed by atoms with Crippen molar-refractivity contribution in [2.75, 3.05) is 18.4 Å². The summed E-state index contributed by atoms with van der Waals surface area (Å²) in [5, 5.41) is 5.31. The molecular weight excluding hydrogens is 376 g/mol. The number of pyridine rings is 1. The minimum atomic E-state index is -0.532. The van der Waals surface area contributed by atoms with Gasteiger partial charge in [-0.2, -0.15) is 0 Å². The molecular formula is C20H28N4O5. The van der Waals surface area contributed by atoms with E-state index in [-0.39, 0.29) is 35.9 Å². The highest BCUT2D eigenvalue weighted by Crippen LogP contribution is 2.23. The Bertz CT molecular complexity index is 849. The second-order valence-corrected chi connectivity index (χ2v) is 8.51. The van der Waals surface area contributed by atoms with E-state index in [1.807, 2.05) is 20.8 Å². The minimum absolute atomic E-state index is 0.00540. The number of amides is 3. The molecule has 0 aliphatic carbocycles. The van der Waals surface area contributed by atoms with Crippen molar-refractivity contribution in [1.29, 1.82) is 0 Å². The number of nitrogens with zero attached hydrogens (tertiary/aromatic N) is 2. The van der Waals surface area contributed by atoms with Crippen molar-refractivity contribution in [3.63, 3.8) is 0 Å². The molecule has 9 nitrogen and oxygen atoms in total. The number of rotatable bonds is 3. The van der Waals surface area contributed by atoms with E-state index in [2.05, 4.69) is 10.6 Å². The molecule has 9 heteroatoms. The average Bonchev–Trinajstić information content (AvgIpc) is 2.63. The summed E-state index contributed by atoms with van der Waals surface area (Å²) in [4.78, 5) is 49.5. The number of ether oxygens (including phenoxy) is 1. The van der Waals surface area contributed by atoms with Crippen LogP contribution in [0.3, 0.4) is 0 Å². The van der Waals surface area contributed by atoms with Crippen LogP contribution >= 0.6 is 0 Å². The molecule has 1 aromatic heterocycles. The van der Waals surface area contributed by atoms with Gasteiger partial charge in [-0.25, -0.2) is 4.79 Å². The maximum atomic E-state index is 12.6. The zero-order valence-electron chi connectivity index (χ0n) is 17.1. The summed E-state index contributed by atoms with van der Waals surface area (Å²) in [6.45, 7) is 6.56. The zero-order chi connectivity index (χ0) is 21.2. The lowest BCUT2D eigenvalue weighted by molar-refractivity contribution is -0.133. The Morgan fingerprint density at radius 2 is 1.86 bits per heavy atom. The molecule has 3 amide bonds. The van der Waals surface area contributed by atoms with Gasteiger partial charge in [-0.1, -0.05) is 0 Å². The van der Waals surface area contributed by atoms with Gasteiger partial charge in [-0.3, -0.25) is 19.7 Å². The number of anilines is 1. The number of likely N-dealkylation sites (tertiary alicyclic amines) is 1. The quantitative estimate of drug-likeness (QED) is 0.741. The van der Waals surface area contributed by atoms with Crippen molar-refractivity contribution in [3.8, 4) is 0 Å². The number of hydrogen-bond donors (Lipinski definition) is 2. The molecule has 29 heavy (non-hydrogen) atoms. The predicted molar refractivity (Wildman–Crippen MR) is 107 cm³/mol. The van der Waals surface area contributed by atoms with E-state index in [0.717, 1.165) is 0 Å². The molecule has 0 spiro atoms. The first-order valence-corrected chi connectivity index (χ1v) is 9.93. The molecule has 158 valence electrons. The largest absolute Gasteiger partial charge is 0.444 e. The fraction of sp³-hybridized carbons (Fsp3) is 0.600. The van der Waals surface area contributed by atoms with E-state index in [0.29, 0.717) is 38.0 Å².